The van der Waals surface area contributed by atoms with Crippen LogP contribution in [0.3, 0.4) is 0 Å². The maximum absolute atomic E-state index is 13.6. The number of amides is 2. The van der Waals surface area contributed by atoms with Gasteiger partial charge in [0.15, 0.2) is 0 Å². The summed E-state index contributed by atoms with van der Waals surface area (Å²) in [5, 5.41) is 0. The van der Waals surface area contributed by atoms with Crippen LogP contribution in [0.4, 0.5) is 5.69 Å². The summed E-state index contributed by atoms with van der Waals surface area (Å²) >= 11 is 7.37. The zero-order chi connectivity index (χ0) is 19.0. The first-order chi connectivity index (χ1) is 13.6. The summed E-state index contributed by atoms with van der Waals surface area (Å²) in [6.45, 7) is 0. The fraction of sp³-hybridized carbons (Fsp3) is 0.167. The lowest BCUT2D eigenvalue weighted by atomic mass is 9.54. The van der Waals surface area contributed by atoms with Crippen molar-refractivity contribution >= 4 is 29.1 Å². The quantitative estimate of drug-likeness (QED) is 0.459. The van der Waals surface area contributed by atoms with Crippen LogP contribution in [0.5, 0.6) is 0 Å². The van der Waals surface area contributed by atoms with Gasteiger partial charge in [-0.3, -0.25) is 9.59 Å². The van der Waals surface area contributed by atoms with Crippen LogP contribution < -0.4 is 4.90 Å². The van der Waals surface area contributed by atoms with Gasteiger partial charge in [0.05, 0.1) is 17.5 Å². The van der Waals surface area contributed by atoms with Crippen LogP contribution in [0, 0.1) is 11.8 Å². The summed E-state index contributed by atoms with van der Waals surface area (Å²) in [6, 6.07) is 25.1. The van der Waals surface area contributed by atoms with E-state index in [9.17, 15) is 9.59 Å². The van der Waals surface area contributed by atoms with Crippen molar-refractivity contribution in [2.24, 2.45) is 11.8 Å². The van der Waals surface area contributed by atoms with Crippen molar-refractivity contribution in [3.8, 4) is 0 Å². The Morgan fingerprint density at radius 1 is 0.714 bits per heavy atom. The molecule has 3 aliphatic carbocycles. The van der Waals surface area contributed by atoms with Gasteiger partial charge in [-0.1, -0.05) is 66.7 Å². The van der Waals surface area contributed by atoms with Crippen LogP contribution in [0.2, 0.25) is 0 Å². The third-order valence-electron chi connectivity index (χ3n) is 6.53. The number of carbonyl (C=O) groups is 2. The molecule has 1 aliphatic heterocycles. The van der Waals surface area contributed by atoms with E-state index >= 15 is 0 Å². The Kier molecular flexibility index (Phi) is 3.06. The van der Waals surface area contributed by atoms with E-state index in [-0.39, 0.29) is 17.7 Å². The molecule has 0 spiro atoms. The number of benzene rings is 3. The molecule has 3 aromatic rings. The molecule has 28 heavy (non-hydrogen) atoms. The second-order valence-electron chi connectivity index (χ2n) is 7.71. The highest BCUT2D eigenvalue weighted by Crippen LogP contribution is 2.65. The maximum atomic E-state index is 13.6. The number of hydrogen-bond donors (Lipinski definition) is 0. The number of para-hydroxylation sites is 1. The van der Waals surface area contributed by atoms with E-state index in [1.807, 2.05) is 66.7 Å². The molecule has 3 aromatic carbocycles. The second kappa shape index (κ2) is 5.33. The van der Waals surface area contributed by atoms with E-state index < -0.39 is 16.7 Å². The van der Waals surface area contributed by atoms with Gasteiger partial charge in [0.25, 0.3) is 0 Å². The average molecular weight is 386 g/mol. The summed E-state index contributed by atoms with van der Waals surface area (Å²) in [5.41, 5.74) is 4.65. The molecule has 0 N–H and O–H groups in total. The van der Waals surface area contributed by atoms with Crippen LogP contribution in [-0.4, -0.2) is 11.8 Å². The van der Waals surface area contributed by atoms with Crippen LogP contribution in [0.15, 0.2) is 78.9 Å². The molecule has 3 nitrogen and oxygen atoms in total. The number of halogens is 1. The van der Waals surface area contributed by atoms with E-state index in [2.05, 4.69) is 0 Å². The molecule has 1 fully saturated rings. The van der Waals surface area contributed by atoms with Gasteiger partial charge < -0.3 is 0 Å². The van der Waals surface area contributed by atoms with Crippen molar-refractivity contribution in [3.63, 3.8) is 0 Å². The van der Waals surface area contributed by atoms with E-state index in [1.54, 1.807) is 12.1 Å². The van der Waals surface area contributed by atoms with Gasteiger partial charge in [0.1, 0.15) is 4.87 Å². The summed E-state index contributed by atoms with van der Waals surface area (Å²) in [5.74, 6) is -1.58. The monoisotopic (exact) mass is 385 g/mol. The molecule has 2 amide bonds. The van der Waals surface area contributed by atoms with Crippen LogP contribution in [0.1, 0.15) is 28.2 Å². The molecule has 136 valence electrons. The molecular formula is C24H16ClNO2. The summed E-state index contributed by atoms with van der Waals surface area (Å²) in [7, 11) is 0. The van der Waals surface area contributed by atoms with Crippen molar-refractivity contribution in [1.82, 2.24) is 0 Å². The Bertz CT molecular complexity index is 1110. The lowest BCUT2D eigenvalue weighted by Crippen LogP contribution is -2.50. The summed E-state index contributed by atoms with van der Waals surface area (Å²) in [4.78, 5) is 27.5. The minimum absolute atomic E-state index is 0.150. The molecule has 2 atom stereocenters. The highest BCUT2D eigenvalue weighted by Gasteiger charge is 2.67. The fourth-order valence-electron chi connectivity index (χ4n) is 5.51. The van der Waals surface area contributed by atoms with Gasteiger partial charge in [-0.15, -0.1) is 11.6 Å². The third kappa shape index (κ3) is 1.71. The molecule has 1 heterocycles. The van der Waals surface area contributed by atoms with Gasteiger partial charge >= 0.3 is 0 Å². The number of hydrogen-bond acceptors (Lipinski definition) is 2. The molecular weight excluding hydrogens is 370 g/mol. The number of imide groups is 1. The zero-order valence-electron chi connectivity index (χ0n) is 14.9. The topological polar surface area (TPSA) is 37.4 Å². The molecule has 2 bridgehead atoms. The number of rotatable bonds is 1. The van der Waals surface area contributed by atoms with Gasteiger partial charge in [-0.2, -0.15) is 0 Å². The normalized spacial score (nSPS) is 29.5. The molecule has 0 aromatic heterocycles. The maximum Gasteiger partial charge on any atom is 0.240 e. The van der Waals surface area contributed by atoms with Crippen LogP contribution in [-0.2, 0) is 14.5 Å². The Morgan fingerprint density at radius 2 is 1.25 bits per heavy atom. The predicted molar refractivity (Wildman–Crippen MR) is 107 cm³/mol. The van der Waals surface area contributed by atoms with E-state index in [4.69, 9.17) is 11.6 Å². The number of nitrogens with zero attached hydrogens (tertiary/aromatic N) is 1. The molecule has 0 radical (unpaired) electrons. The van der Waals surface area contributed by atoms with E-state index in [1.165, 1.54) is 4.90 Å². The number of alkyl halides is 1. The van der Waals surface area contributed by atoms with Crippen molar-refractivity contribution in [3.05, 3.63) is 101 Å². The number of carbonyl (C=O) groups excluding carboxylic acids is 2. The van der Waals surface area contributed by atoms with Gasteiger partial charge in [-0.05, 0) is 34.4 Å². The van der Waals surface area contributed by atoms with Crippen LogP contribution in [0.25, 0.3) is 0 Å². The third-order valence-corrected chi connectivity index (χ3v) is 7.17. The first-order valence-corrected chi connectivity index (χ1v) is 9.82. The van der Waals surface area contributed by atoms with Gasteiger partial charge in [-0.25, -0.2) is 4.90 Å². The van der Waals surface area contributed by atoms with Crippen molar-refractivity contribution in [2.45, 2.75) is 10.8 Å². The minimum atomic E-state index is -1.02. The van der Waals surface area contributed by atoms with Gasteiger partial charge in [0.2, 0.25) is 11.8 Å². The van der Waals surface area contributed by atoms with E-state index in [0.717, 1.165) is 22.3 Å². The SMILES string of the molecule is O=C1[C@@H]2C3c4ccccc4C(Cl)(c4ccccc43)[C@@H]2C(=O)N1c1ccccc1. The summed E-state index contributed by atoms with van der Waals surface area (Å²) in [6.07, 6.45) is 0. The highest BCUT2D eigenvalue weighted by atomic mass is 35.5. The first-order valence-electron chi connectivity index (χ1n) is 9.44. The Morgan fingerprint density at radius 3 is 1.86 bits per heavy atom. The molecule has 4 aliphatic rings. The van der Waals surface area contributed by atoms with Crippen LogP contribution >= 0.6 is 11.6 Å². The Labute approximate surface area is 167 Å². The minimum Gasteiger partial charge on any atom is -0.274 e. The summed E-state index contributed by atoms with van der Waals surface area (Å²) < 4.78 is 0. The standard InChI is InChI=1S/C24H16ClNO2/c25-24-17-12-6-4-10-15(17)19(16-11-5-7-13-18(16)24)20-21(24)23(28)26(22(20)27)14-8-2-1-3-9-14/h1-13,19-21H/t19?,20-,21+,24?/m1/s1. The van der Waals surface area contributed by atoms with Crippen molar-refractivity contribution < 1.29 is 9.59 Å². The van der Waals surface area contributed by atoms with E-state index in [0.29, 0.717) is 5.69 Å². The highest BCUT2D eigenvalue weighted by molar-refractivity contribution is 6.33. The molecule has 0 unspecified atom stereocenters. The Balaban J connectivity index is 1.64. The number of anilines is 1. The van der Waals surface area contributed by atoms with Crippen molar-refractivity contribution in [2.75, 3.05) is 4.90 Å². The molecule has 1 saturated heterocycles. The Hall–Kier alpha value is -2.91. The average Bonchev–Trinajstić information content (AvgIpc) is 3.01. The lowest BCUT2D eigenvalue weighted by Gasteiger charge is -2.50. The largest absolute Gasteiger partial charge is 0.274 e. The van der Waals surface area contributed by atoms with Gasteiger partial charge in [0, 0.05) is 5.92 Å². The molecule has 4 heteroatoms. The van der Waals surface area contributed by atoms with Crippen molar-refractivity contribution in [1.29, 1.82) is 0 Å². The first kappa shape index (κ1) is 16.1. The smallest absolute Gasteiger partial charge is 0.240 e. The second-order valence-corrected chi connectivity index (χ2v) is 8.31. The zero-order valence-corrected chi connectivity index (χ0v) is 15.6. The molecule has 0 saturated carbocycles. The molecule has 7 rings (SSSR count). The fourth-order valence-corrected chi connectivity index (χ4v) is 6.08. The lowest BCUT2D eigenvalue weighted by molar-refractivity contribution is -0.122. The predicted octanol–water partition coefficient (Wildman–Crippen LogP) is 4.43.